The largest absolute Gasteiger partial charge is 0.388 e. The molecule has 1 rings (SSSR count). The Morgan fingerprint density at radius 3 is 2.83 bits per heavy atom. The van der Waals surface area contributed by atoms with Crippen molar-refractivity contribution in [1.29, 1.82) is 0 Å². The van der Waals surface area contributed by atoms with E-state index in [1.807, 2.05) is 0 Å². The Morgan fingerprint density at radius 1 is 1.50 bits per heavy atom. The number of rotatable bonds is 7. The number of nitrogens with two attached hydrogens (primary N) is 1. The van der Waals surface area contributed by atoms with Gasteiger partial charge in [-0.15, -0.1) is 0 Å². The van der Waals surface area contributed by atoms with E-state index >= 15 is 0 Å². The van der Waals surface area contributed by atoms with E-state index in [0.29, 0.717) is 18.1 Å². The monoisotopic (exact) mass is 288 g/mol. The summed E-state index contributed by atoms with van der Waals surface area (Å²) in [6.07, 6.45) is 0. The quantitative estimate of drug-likeness (QED) is 0.614. The zero-order chi connectivity index (χ0) is 13.6. The molecule has 0 fully saturated rings. The first kappa shape index (κ1) is 14.8. The lowest BCUT2D eigenvalue weighted by molar-refractivity contribution is 0.584. The van der Waals surface area contributed by atoms with Crippen molar-refractivity contribution in [3.05, 3.63) is 23.9 Å². The van der Waals surface area contributed by atoms with Crippen molar-refractivity contribution in [3.8, 4) is 0 Å². The summed E-state index contributed by atoms with van der Waals surface area (Å²) in [7, 11) is -3.22. The van der Waals surface area contributed by atoms with Crippen LogP contribution in [0, 0.1) is 0 Å². The van der Waals surface area contributed by atoms with E-state index in [-0.39, 0.29) is 17.3 Å². The molecule has 0 atom stereocenters. The first-order valence-electron chi connectivity index (χ1n) is 5.42. The van der Waals surface area contributed by atoms with Gasteiger partial charge >= 0.3 is 0 Å². The minimum absolute atomic E-state index is 0.0141. The van der Waals surface area contributed by atoms with Crippen LogP contribution in [0.15, 0.2) is 18.2 Å². The maximum Gasteiger partial charge on any atom is 0.213 e. The topological polar surface area (TPSA) is 97.1 Å². The number of aromatic nitrogens is 1. The van der Waals surface area contributed by atoms with Crippen molar-refractivity contribution in [3.63, 3.8) is 0 Å². The Morgan fingerprint density at radius 2 is 2.22 bits per heavy atom. The van der Waals surface area contributed by atoms with Crippen LogP contribution in [0.5, 0.6) is 0 Å². The van der Waals surface area contributed by atoms with Gasteiger partial charge in [0, 0.05) is 13.1 Å². The fourth-order valence-corrected chi connectivity index (χ4v) is 2.34. The second-order valence-corrected chi connectivity index (χ2v) is 5.88. The lowest BCUT2D eigenvalue weighted by atomic mass is 10.3. The molecule has 0 spiro atoms. The molecule has 0 aliphatic rings. The van der Waals surface area contributed by atoms with Gasteiger partial charge in [-0.1, -0.05) is 25.2 Å². The summed E-state index contributed by atoms with van der Waals surface area (Å²) in [4.78, 5) is 4.35. The summed E-state index contributed by atoms with van der Waals surface area (Å²) in [5, 5.41) is 2.91. The predicted octanol–water partition coefficient (Wildman–Crippen LogP) is 0.0670. The number of pyridine rings is 1. The third-order valence-electron chi connectivity index (χ3n) is 2.04. The van der Waals surface area contributed by atoms with Crippen LogP contribution in [0.3, 0.4) is 0 Å². The van der Waals surface area contributed by atoms with Crippen LogP contribution in [0.2, 0.25) is 0 Å². The molecule has 1 aromatic heterocycles. The Bertz CT molecular complexity index is 516. The van der Waals surface area contributed by atoms with Crippen molar-refractivity contribution in [1.82, 2.24) is 9.71 Å². The van der Waals surface area contributed by atoms with E-state index in [2.05, 4.69) is 15.0 Å². The molecule has 18 heavy (non-hydrogen) atoms. The van der Waals surface area contributed by atoms with Crippen molar-refractivity contribution >= 4 is 33.0 Å². The van der Waals surface area contributed by atoms with Gasteiger partial charge in [0.25, 0.3) is 0 Å². The molecule has 6 nitrogen and oxygen atoms in total. The molecule has 0 radical (unpaired) electrons. The highest BCUT2D eigenvalue weighted by Crippen LogP contribution is 2.04. The van der Waals surface area contributed by atoms with Gasteiger partial charge in [0.05, 0.1) is 11.4 Å². The molecule has 0 aliphatic carbocycles. The summed E-state index contributed by atoms with van der Waals surface area (Å²) in [6, 6.07) is 5.17. The number of thiocarbonyl (C=S) groups is 1. The summed E-state index contributed by atoms with van der Waals surface area (Å²) in [5.41, 5.74) is 5.96. The molecule has 0 aromatic carbocycles. The van der Waals surface area contributed by atoms with Crippen LogP contribution in [0.25, 0.3) is 0 Å². The van der Waals surface area contributed by atoms with E-state index in [1.54, 1.807) is 25.1 Å². The van der Waals surface area contributed by atoms with E-state index in [9.17, 15) is 8.42 Å². The highest BCUT2D eigenvalue weighted by Gasteiger charge is 2.07. The lowest BCUT2D eigenvalue weighted by Crippen LogP contribution is -2.29. The van der Waals surface area contributed by atoms with Crippen molar-refractivity contribution < 1.29 is 8.42 Å². The zero-order valence-corrected chi connectivity index (χ0v) is 11.6. The maximum absolute atomic E-state index is 11.4. The Kier molecular flexibility index (Phi) is 5.45. The number of sulfonamides is 1. The minimum Gasteiger partial charge on any atom is -0.388 e. The predicted molar refractivity (Wildman–Crippen MR) is 76.1 cm³/mol. The van der Waals surface area contributed by atoms with Gasteiger partial charge in [0.1, 0.15) is 10.8 Å². The van der Waals surface area contributed by atoms with Gasteiger partial charge in [-0.05, 0) is 12.1 Å². The molecular formula is C10H16N4O2S2. The fraction of sp³-hybridized carbons (Fsp3) is 0.400. The maximum atomic E-state index is 11.4. The second kappa shape index (κ2) is 6.62. The van der Waals surface area contributed by atoms with Crippen LogP contribution >= 0.6 is 12.2 Å². The van der Waals surface area contributed by atoms with E-state index in [1.165, 1.54) is 0 Å². The molecule has 100 valence electrons. The number of anilines is 1. The van der Waals surface area contributed by atoms with Crippen molar-refractivity contribution in [2.75, 3.05) is 24.2 Å². The van der Waals surface area contributed by atoms with Gasteiger partial charge in [0.15, 0.2) is 0 Å². The molecule has 0 unspecified atom stereocenters. The molecule has 8 heteroatoms. The molecule has 0 saturated carbocycles. The normalized spacial score (nSPS) is 11.2. The number of nitrogens with one attached hydrogen (secondary N) is 2. The highest BCUT2D eigenvalue weighted by atomic mass is 32.2. The summed E-state index contributed by atoms with van der Waals surface area (Å²) >= 11 is 4.81. The molecule has 1 aromatic rings. The lowest BCUT2D eigenvalue weighted by Gasteiger charge is -2.07. The van der Waals surface area contributed by atoms with E-state index < -0.39 is 10.0 Å². The Hall–Kier alpha value is -1.25. The van der Waals surface area contributed by atoms with Crippen molar-refractivity contribution in [2.45, 2.75) is 6.92 Å². The van der Waals surface area contributed by atoms with Crippen molar-refractivity contribution in [2.24, 2.45) is 5.73 Å². The molecular weight excluding hydrogens is 272 g/mol. The summed E-state index contributed by atoms with van der Waals surface area (Å²) in [5.74, 6) is 0.534. The van der Waals surface area contributed by atoms with Gasteiger partial charge in [0.2, 0.25) is 10.0 Å². The number of hydrogen-bond donors (Lipinski definition) is 3. The third kappa shape index (κ3) is 4.94. The average molecular weight is 288 g/mol. The van der Waals surface area contributed by atoms with Crippen LogP contribution in [-0.2, 0) is 10.0 Å². The second-order valence-electron chi connectivity index (χ2n) is 3.52. The summed E-state index contributed by atoms with van der Waals surface area (Å²) in [6.45, 7) is 2.39. The van der Waals surface area contributed by atoms with E-state index in [4.69, 9.17) is 18.0 Å². The van der Waals surface area contributed by atoms with Gasteiger partial charge < -0.3 is 11.1 Å². The standard InChI is InChI=1S/C10H16N4O2S2/c1-2-13-18(15,16)7-6-12-9-5-3-4-8(14-9)10(11)17/h3-5,13H,2,6-7H2,1H3,(H2,11,17)(H,12,14). The smallest absolute Gasteiger partial charge is 0.213 e. The minimum atomic E-state index is -3.22. The van der Waals surface area contributed by atoms with Gasteiger partial charge in [-0.25, -0.2) is 18.1 Å². The molecule has 0 amide bonds. The third-order valence-corrected chi connectivity index (χ3v) is 3.72. The van der Waals surface area contributed by atoms with Gasteiger partial charge in [-0.3, -0.25) is 0 Å². The first-order valence-corrected chi connectivity index (χ1v) is 7.48. The van der Waals surface area contributed by atoms with Crippen LogP contribution in [0.1, 0.15) is 12.6 Å². The molecule has 0 bridgehead atoms. The van der Waals surface area contributed by atoms with Crippen LogP contribution in [0.4, 0.5) is 5.82 Å². The Labute approximate surface area is 112 Å². The summed E-state index contributed by atoms with van der Waals surface area (Å²) < 4.78 is 25.2. The SMILES string of the molecule is CCNS(=O)(=O)CCNc1cccc(C(N)=S)n1. The number of hydrogen-bond acceptors (Lipinski definition) is 5. The highest BCUT2D eigenvalue weighted by molar-refractivity contribution is 7.89. The van der Waals surface area contributed by atoms with Crippen LogP contribution < -0.4 is 15.8 Å². The fourth-order valence-electron chi connectivity index (χ4n) is 1.28. The molecule has 0 saturated heterocycles. The van der Waals surface area contributed by atoms with Crippen LogP contribution in [-0.4, -0.2) is 37.2 Å². The van der Waals surface area contributed by atoms with Gasteiger partial charge in [-0.2, -0.15) is 0 Å². The molecule has 4 N–H and O–H groups in total. The average Bonchev–Trinajstić information content (AvgIpc) is 2.29. The molecule has 0 aliphatic heterocycles. The Balaban J connectivity index is 2.54. The number of nitrogens with zero attached hydrogens (tertiary/aromatic N) is 1. The first-order chi connectivity index (χ1) is 8.44. The molecule has 1 heterocycles. The zero-order valence-electron chi connectivity index (χ0n) is 10.0. The van der Waals surface area contributed by atoms with E-state index in [0.717, 1.165) is 0 Å².